The molecule has 4 nitrogen and oxygen atoms in total. The Morgan fingerprint density at radius 1 is 1.24 bits per heavy atom. The van der Waals surface area contributed by atoms with Crippen LogP contribution in [0.15, 0.2) is 42.6 Å². The van der Waals surface area contributed by atoms with Crippen molar-refractivity contribution in [3.05, 3.63) is 48.3 Å². The number of aromatic nitrogens is 2. The molecule has 1 fully saturated rings. The number of piperidine rings is 1. The fourth-order valence-electron chi connectivity index (χ4n) is 3.09. The summed E-state index contributed by atoms with van der Waals surface area (Å²) >= 11 is 0. The largest absolute Gasteiger partial charge is 0.396 e. The Balaban J connectivity index is 1.67. The van der Waals surface area contributed by atoms with Crippen LogP contribution >= 0.6 is 0 Å². The third-order valence-electron chi connectivity index (χ3n) is 4.29. The van der Waals surface area contributed by atoms with Crippen LogP contribution in [-0.4, -0.2) is 39.5 Å². The zero-order chi connectivity index (χ0) is 14.7. The number of hydrogen-bond donors (Lipinski definition) is 1. The Morgan fingerprint density at radius 2 is 2.05 bits per heavy atom. The van der Waals surface area contributed by atoms with Crippen LogP contribution in [0, 0.1) is 5.41 Å². The van der Waals surface area contributed by atoms with Gasteiger partial charge in [-0.1, -0.05) is 25.1 Å². The van der Waals surface area contributed by atoms with E-state index in [0.717, 1.165) is 43.9 Å². The molecule has 3 rings (SSSR count). The maximum atomic E-state index is 9.54. The molecule has 1 unspecified atom stereocenters. The molecule has 1 saturated heterocycles. The van der Waals surface area contributed by atoms with Gasteiger partial charge in [0.05, 0.1) is 11.4 Å². The van der Waals surface area contributed by atoms with Gasteiger partial charge >= 0.3 is 0 Å². The lowest BCUT2D eigenvalue weighted by molar-refractivity contribution is 0.0423. The van der Waals surface area contributed by atoms with E-state index in [-0.39, 0.29) is 12.0 Å². The lowest BCUT2D eigenvalue weighted by Gasteiger charge is -2.39. The van der Waals surface area contributed by atoms with Gasteiger partial charge in [-0.15, -0.1) is 0 Å². The van der Waals surface area contributed by atoms with Crippen LogP contribution in [0.1, 0.15) is 25.5 Å². The molecule has 1 aromatic carbocycles. The first kappa shape index (κ1) is 14.3. The number of rotatable bonds is 4. The average Bonchev–Trinajstić information content (AvgIpc) is 2.97. The fraction of sp³-hybridized carbons (Fsp3) is 0.471. The molecule has 1 aliphatic rings. The maximum absolute atomic E-state index is 9.54. The highest BCUT2D eigenvalue weighted by Gasteiger charge is 2.30. The standard InChI is InChI=1S/C17H23N3O/c1-17(14-21)9-5-10-19(13-17)12-15-8-11-20(18-15)16-6-3-2-4-7-16/h2-4,6-8,11,21H,5,9-10,12-14H2,1H3. The van der Waals surface area contributed by atoms with Gasteiger partial charge in [-0.25, -0.2) is 4.68 Å². The Hall–Kier alpha value is -1.65. The molecule has 2 aromatic rings. The van der Waals surface area contributed by atoms with Crippen molar-refractivity contribution < 1.29 is 5.11 Å². The van der Waals surface area contributed by atoms with Gasteiger partial charge < -0.3 is 5.11 Å². The van der Waals surface area contributed by atoms with Crippen molar-refractivity contribution in [3.63, 3.8) is 0 Å². The molecule has 0 radical (unpaired) electrons. The number of para-hydroxylation sites is 1. The molecule has 4 heteroatoms. The van der Waals surface area contributed by atoms with Crippen LogP contribution in [0.4, 0.5) is 0 Å². The molecule has 0 amide bonds. The summed E-state index contributed by atoms with van der Waals surface area (Å²) in [6, 6.07) is 12.2. The van der Waals surface area contributed by atoms with Crippen LogP contribution < -0.4 is 0 Å². The number of likely N-dealkylation sites (tertiary alicyclic amines) is 1. The molecule has 1 aliphatic heterocycles. The molecule has 1 atom stereocenters. The molecular weight excluding hydrogens is 262 g/mol. The molecule has 2 heterocycles. The van der Waals surface area contributed by atoms with Crippen LogP contribution in [-0.2, 0) is 6.54 Å². The monoisotopic (exact) mass is 285 g/mol. The van der Waals surface area contributed by atoms with Gasteiger partial charge in [-0.05, 0) is 37.6 Å². The van der Waals surface area contributed by atoms with Crippen molar-refractivity contribution >= 4 is 0 Å². The Kier molecular flexibility index (Phi) is 4.08. The minimum absolute atomic E-state index is 0.0419. The second-order valence-corrected chi connectivity index (χ2v) is 6.37. The van der Waals surface area contributed by atoms with E-state index in [4.69, 9.17) is 0 Å². The van der Waals surface area contributed by atoms with Crippen molar-refractivity contribution in [2.75, 3.05) is 19.7 Å². The number of nitrogens with zero attached hydrogens (tertiary/aromatic N) is 3. The van der Waals surface area contributed by atoms with E-state index in [0.29, 0.717) is 0 Å². The topological polar surface area (TPSA) is 41.3 Å². The summed E-state index contributed by atoms with van der Waals surface area (Å²) in [6.45, 7) is 5.33. The highest BCUT2D eigenvalue weighted by Crippen LogP contribution is 2.29. The van der Waals surface area contributed by atoms with E-state index >= 15 is 0 Å². The molecule has 0 saturated carbocycles. The summed E-state index contributed by atoms with van der Waals surface area (Å²) in [5.41, 5.74) is 2.21. The van der Waals surface area contributed by atoms with E-state index in [1.165, 1.54) is 0 Å². The number of hydrogen-bond acceptors (Lipinski definition) is 3. The van der Waals surface area contributed by atoms with Crippen molar-refractivity contribution in [2.24, 2.45) is 5.41 Å². The second kappa shape index (κ2) is 6.00. The SMILES string of the molecule is CC1(CO)CCCN(Cc2ccn(-c3ccccc3)n2)C1. The van der Waals surface area contributed by atoms with E-state index in [1.54, 1.807) is 0 Å². The lowest BCUT2D eigenvalue weighted by Crippen LogP contribution is -2.43. The highest BCUT2D eigenvalue weighted by atomic mass is 16.3. The molecule has 0 bridgehead atoms. The second-order valence-electron chi connectivity index (χ2n) is 6.37. The van der Waals surface area contributed by atoms with Crippen molar-refractivity contribution in [1.29, 1.82) is 0 Å². The van der Waals surface area contributed by atoms with Gasteiger partial charge in [0.1, 0.15) is 0 Å². The van der Waals surface area contributed by atoms with E-state index < -0.39 is 0 Å². The van der Waals surface area contributed by atoms with Gasteiger partial charge in [0.2, 0.25) is 0 Å². The summed E-state index contributed by atoms with van der Waals surface area (Å²) in [4.78, 5) is 2.40. The summed E-state index contributed by atoms with van der Waals surface area (Å²) < 4.78 is 1.92. The molecule has 0 aliphatic carbocycles. The van der Waals surface area contributed by atoms with Crippen LogP contribution in [0.2, 0.25) is 0 Å². The molecule has 21 heavy (non-hydrogen) atoms. The van der Waals surface area contributed by atoms with Crippen LogP contribution in [0.3, 0.4) is 0 Å². The van der Waals surface area contributed by atoms with Gasteiger partial charge in [-0.3, -0.25) is 4.90 Å². The smallest absolute Gasteiger partial charge is 0.0769 e. The summed E-state index contributed by atoms with van der Waals surface area (Å²) in [5.74, 6) is 0. The maximum Gasteiger partial charge on any atom is 0.0769 e. The normalized spacial score (nSPS) is 23.3. The summed E-state index contributed by atoms with van der Waals surface area (Å²) in [7, 11) is 0. The Labute approximate surface area is 126 Å². The third-order valence-corrected chi connectivity index (χ3v) is 4.29. The van der Waals surface area contributed by atoms with Gasteiger partial charge in [0, 0.05) is 31.3 Å². The quantitative estimate of drug-likeness (QED) is 0.938. The molecule has 1 aromatic heterocycles. The van der Waals surface area contributed by atoms with Crippen LogP contribution in [0.5, 0.6) is 0 Å². The van der Waals surface area contributed by atoms with E-state index in [9.17, 15) is 5.11 Å². The number of aliphatic hydroxyl groups is 1. The first-order valence-electron chi connectivity index (χ1n) is 7.62. The fourth-order valence-corrected chi connectivity index (χ4v) is 3.09. The zero-order valence-electron chi connectivity index (χ0n) is 12.6. The average molecular weight is 285 g/mol. The first-order chi connectivity index (χ1) is 10.2. The van der Waals surface area contributed by atoms with Crippen molar-refractivity contribution in [2.45, 2.75) is 26.3 Å². The third kappa shape index (κ3) is 3.34. The molecule has 1 N–H and O–H groups in total. The van der Waals surface area contributed by atoms with Crippen LogP contribution in [0.25, 0.3) is 5.69 Å². The van der Waals surface area contributed by atoms with Crippen molar-refractivity contribution in [3.8, 4) is 5.69 Å². The summed E-state index contributed by atoms with van der Waals surface area (Å²) in [6.07, 6.45) is 4.27. The minimum atomic E-state index is 0.0419. The first-order valence-corrected chi connectivity index (χ1v) is 7.62. The predicted octanol–water partition coefficient (Wildman–Crippen LogP) is 2.47. The molecule has 112 valence electrons. The number of aliphatic hydroxyl groups excluding tert-OH is 1. The minimum Gasteiger partial charge on any atom is -0.396 e. The summed E-state index contributed by atoms with van der Waals surface area (Å²) in [5, 5.41) is 14.2. The lowest BCUT2D eigenvalue weighted by atomic mass is 9.83. The van der Waals surface area contributed by atoms with Crippen molar-refractivity contribution in [1.82, 2.24) is 14.7 Å². The molecule has 0 spiro atoms. The Morgan fingerprint density at radius 3 is 2.81 bits per heavy atom. The molecular formula is C17H23N3O. The zero-order valence-corrected chi connectivity index (χ0v) is 12.6. The number of benzene rings is 1. The van der Waals surface area contributed by atoms with Gasteiger partial charge in [-0.2, -0.15) is 5.10 Å². The van der Waals surface area contributed by atoms with Gasteiger partial charge in [0.15, 0.2) is 0 Å². The van der Waals surface area contributed by atoms with E-state index in [2.05, 4.69) is 35.1 Å². The van der Waals surface area contributed by atoms with E-state index in [1.807, 2.05) is 29.1 Å². The highest BCUT2D eigenvalue weighted by molar-refractivity contribution is 5.30. The Bertz CT molecular complexity index is 581. The van der Waals surface area contributed by atoms with Gasteiger partial charge in [0.25, 0.3) is 0 Å². The predicted molar refractivity (Wildman–Crippen MR) is 83.3 cm³/mol.